The minimum atomic E-state index is -3.26. The number of halogens is 1. The average molecular weight is 550 g/mol. The summed E-state index contributed by atoms with van der Waals surface area (Å²) < 4.78 is 25.7. The first-order valence-electron chi connectivity index (χ1n) is 10.4. The van der Waals surface area contributed by atoms with Gasteiger partial charge in [-0.3, -0.25) is 9.89 Å². The maximum Gasteiger partial charge on any atom is 0.209 e. The number of fused-ring (bicyclic) bond motifs is 2. The molecule has 2 bridgehead atoms. The zero-order chi connectivity index (χ0) is 21.1. The number of piperidine rings is 1. The molecule has 7 nitrogen and oxygen atoms in total. The zero-order valence-corrected chi connectivity index (χ0v) is 21.5. The Balaban J connectivity index is 0.00000320. The summed E-state index contributed by atoms with van der Waals surface area (Å²) in [5.41, 5.74) is 0.789. The Morgan fingerprint density at radius 2 is 1.77 bits per heavy atom. The molecule has 0 aliphatic carbocycles. The number of guanidine groups is 1. The van der Waals surface area contributed by atoms with Crippen LogP contribution in [0.25, 0.3) is 0 Å². The van der Waals surface area contributed by atoms with Crippen molar-refractivity contribution in [2.24, 2.45) is 4.99 Å². The van der Waals surface area contributed by atoms with Crippen LogP contribution in [0, 0.1) is 0 Å². The molecule has 0 saturated carbocycles. The van der Waals surface area contributed by atoms with Gasteiger partial charge in [-0.1, -0.05) is 30.3 Å². The highest BCUT2D eigenvalue weighted by molar-refractivity contribution is 14.0. The van der Waals surface area contributed by atoms with Gasteiger partial charge in [-0.2, -0.15) is 0 Å². The van der Waals surface area contributed by atoms with Crippen LogP contribution in [0.1, 0.15) is 45.1 Å². The lowest BCUT2D eigenvalue weighted by Gasteiger charge is -2.40. The molecule has 2 aliphatic rings. The van der Waals surface area contributed by atoms with Gasteiger partial charge in [0, 0.05) is 43.8 Å². The molecule has 2 fully saturated rings. The Hall–Kier alpha value is -0.910. The van der Waals surface area contributed by atoms with Crippen LogP contribution in [0.3, 0.4) is 0 Å². The number of sulfonamides is 1. The highest BCUT2D eigenvalue weighted by Crippen LogP contribution is 2.36. The molecule has 0 aromatic heterocycles. The molecular weight excluding hydrogens is 513 g/mol. The summed E-state index contributed by atoms with van der Waals surface area (Å²) in [7, 11) is -1.50. The number of nitrogens with zero attached hydrogens (tertiary/aromatic N) is 2. The van der Waals surface area contributed by atoms with E-state index in [4.69, 9.17) is 0 Å². The number of benzene rings is 1. The Kier molecular flexibility index (Phi) is 8.96. The second kappa shape index (κ2) is 10.6. The lowest BCUT2D eigenvalue weighted by Crippen LogP contribution is -2.56. The van der Waals surface area contributed by atoms with Gasteiger partial charge in [-0.05, 0) is 45.1 Å². The lowest BCUT2D eigenvalue weighted by atomic mass is 9.96. The van der Waals surface area contributed by atoms with Crippen LogP contribution < -0.4 is 15.4 Å². The second-order valence-electron chi connectivity index (χ2n) is 9.04. The van der Waals surface area contributed by atoms with E-state index < -0.39 is 15.6 Å². The van der Waals surface area contributed by atoms with Crippen LogP contribution in [-0.2, 0) is 16.6 Å². The SMILES string of the molecule is CN=C(NCC(C)(C)NS(C)(=O)=O)NC1CC2CCC(C1)N2Cc1ccccc1.I. The normalized spacial score (nSPS) is 24.9. The summed E-state index contributed by atoms with van der Waals surface area (Å²) in [6.45, 7) is 5.20. The van der Waals surface area contributed by atoms with E-state index in [1.165, 1.54) is 24.7 Å². The number of hydrogen-bond acceptors (Lipinski definition) is 4. The van der Waals surface area contributed by atoms with Gasteiger partial charge >= 0.3 is 0 Å². The van der Waals surface area contributed by atoms with Crippen LogP contribution in [0.5, 0.6) is 0 Å². The maximum atomic E-state index is 11.5. The fourth-order valence-electron chi connectivity index (χ4n) is 4.68. The summed E-state index contributed by atoms with van der Waals surface area (Å²) in [6, 6.07) is 12.3. The molecule has 30 heavy (non-hydrogen) atoms. The van der Waals surface area contributed by atoms with Crippen LogP contribution in [0.15, 0.2) is 35.3 Å². The van der Waals surface area contributed by atoms with Crippen molar-refractivity contribution < 1.29 is 8.42 Å². The molecule has 2 aliphatic heterocycles. The van der Waals surface area contributed by atoms with Crippen molar-refractivity contribution in [1.82, 2.24) is 20.3 Å². The smallest absolute Gasteiger partial charge is 0.209 e. The van der Waals surface area contributed by atoms with E-state index in [1.807, 2.05) is 13.8 Å². The summed E-state index contributed by atoms with van der Waals surface area (Å²) >= 11 is 0. The molecule has 2 heterocycles. The second-order valence-corrected chi connectivity index (χ2v) is 10.8. The van der Waals surface area contributed by atoms with Gasteiger partial charge in [0.25, 0.3) is 0 Å². The van der Waals surface area contributed by atoms with Gasteiger partial charge in [0.05, 0.1) is 6.26 Å². The van der Waals surface area contributed by atoms with Crippen molar-refractivity contribution in [3.8, 4) is 0 Å². The molecule has 3 N–H and O–H groups in total. The number of rotatable bonds is 7. The predicted molar refractivity (Wildman–Crippen MR) is 134 cm³/mol. The minimum absolute atomic E-state index is 0. The Morgan fingerprint density at radius 1 is 1.17 bits per heavy atom. The van der Waals surface area contributed by atoms with E-state index in [9.17, 15) is 8.42 Å². The van der Waals surface area contributed by atoms with Gasteiger partial charge in [0.15, 0.2) is 5.96 Å². The predicted octanol–water partition coefficient (Wildman–Crippen LogP) is 2.29. The molecule has 0 spiro atoms. The highest BCUT2D eigenvalue weighted by Gasteiger charge is 2.40. The number of aliphatic imine (C=N–C) groups is 1. The lowest BCUT2D eigenvalue weighted by molar-refractivity contribution is 0.114. The van der Waals surface area contributed by atoms with E-state index in [2.05, 4.69) is 55.6 Å². The van der Waals surface area contributed by atoms with E-state index in [-0.39, 0.29) is 24.0 Å². The van der Waals surface area contributed by atoms with Gasteiger partial charge in [-0.25, -0.2) is 13.1 Å². The van der Waals surface area contributed by atoms with Crippen molar-refractivity contribution in [2.45, 2.75) is 69.7 Å². The molecule has 170 valence electrons. The molecule has 2 unspecified atom stereocenters. The molecule has 2 saturated heterocycles. The van der Waals surface area contributed by atoms with Crippen LogP contribution in [0.2, 0.25) is 0 Å². The van der Waals surface area contributed by atoms with Gasteiger partial charge in [0.1, 0.15) is 0 Å². The molecule has 0 radical (unpaired) electrons. The van der Waals surface area contributed by atoms with E-state index >= 15 is 0 Å². The quantitative estimate of drug-likeness (QED) is 0.276. The molecule has 0 amide bonds. The fraction of sp³-hybridized carbons (Fsp3) is 0.667. The van der Waals surface area contributed by atoms with Gasteiger partial charge < -0.3 is 10.6 Å². The van der Waals surface area contributed by atoms with Crippen LogP contribution in [0.4, 0.5) is 0 Å². The molecule has 3 rings (SSSR count). The summed E-state index contributed by atoms with van der Waals surface area (Å²) in [4.78, 5) is 7.01. The van der Waals surface area contributed by atoms with Crippen molar-refractivity contribution in [1.29, 1.82) is 0 Å². The monoisotopic (exact) mass is 549 g/mol. The number of hydrogen-bond donors (Lipinski definition) is 3. The highest BCUT2D eigenvalue weighted by atomic mass is 127. The summed E-state index contributed by atoms with van der Waals surface area (Å²) in [5.74, 6) is 0.731. The third-order valence-corrected chi connectivity index (χ3v) is 6.74. The first-order valence-corrected chi connectivity index (χ1v) is 12.3. The van der Waals surface area contributed by atoms with Crippen molar-refractivity contribution >= 4 is 40.0 Å². The van der Waals surface area contributed by atoms with Crippen molar-refractivity contribution in [2.75, 3.05) is 19.8 Å². The van der Waals surface area contributed by atoms with Crippen molar-refractivity contribution in [3.63, 3.8) is 0 Å². The summed E-state index contributed by atoms with van der Waals surface area (Å²) in [6.07, 6.45) is 5.91. The molecule has 9 heteroatoms. The minimum Gasteiger partial charge on any atom is -0.355 e. The largest absolute Gasteiger partial charge is 0.355 e. The fourth-order valence-corrected chi connectivity index (χ4v) is 5.75. The Bertz CT molecular complexity index is 802. The third-order valence-electron chi connectivity index (χ3n) is 5.82. The van der Waals surface area contributed by atoms with Gasteiger partial charge in [-0.15, -0.1) is 24.0 Å². The summed E-state index contributed by atoms with van der Waals surface area (Å²) in [5, 5.41) is 6.84. The molecular formula is C21H36IN5O2S. The van der Waals surface area contributed by atoms with Crippen LogP contribution >= 0.6 is 24.0 Å². The topological polar surface area (TPSA) is 85.8 Å². The number of nitrogens with one attached hydrogen (secondary N) is 3. The molecule has 2 atom stereocenters. The Morgan fingerprint density at radius 3 is 2.30 bits per heavy atom. The van der Waals surface area contributed by atoms with E-state index in [1.54, 1.807) is 7.05 Å². The first kappa shape index (κ1) is 25.4. The van der Waals surface area contributed by atoms with Crippen LogP contribution in [-0.4, -0.2) is 62.8 Å². The Labute approximate surface area is 198 Å². The first-order chi connectivity index (χ1) is 13.6. The molecule has 1 aromatic carbocycles. The average Bonchev–Trinajstić information content (AvgIpc) is 2.86. The standard InChI is InChI=1S/C21H35N5O2S.HI/c1-21(2,25-29(4,27)28)15-23-20(22-3)24-17-12-18-10-11-19(13-17)26(18)14-16-8-6-5-7-9-16;/h5-9,17-19,25H,10-15H2,1-4H3,(H2,22,23,24);1H. The van der Waals surface area contributed by atoms with Crippen molar-refractivity contribution in [3.05, 3.63) is 35.9 Å². The van der Waals surface area contributed by atoms with E-state index in [0.717, 1.165) is 25.3 Å². The van der Waals surface area contributed by atoms with Gasteiger partial charge in [0.2, 0.25) is 10.0 Å². The zero-order valence-electron chi connectivity index (χ0n) is 18.4. The third kappa shape index (κ3) is 7.35. The molecule has 1 aromatic rings. The maximum absolute atomic E-state index is 11.5. The van der Waals surface area contributed by atoms with E-state index in [0.29, 0.717) is 24.7 Å².